The van der Waals surface area contributed by atoms with E-state index in [1.165, 1.54) is 6.33 Å². The second-order valence-electron chi connectivity index (χ2n) is 4.62. The number of nitrogens with zero attached hydrogens (tertiary/aromatic N) is 5. The number of hydrogen-bond donors (Lipinski definition) is 0. The molecule has 0 atom stereocenters. The fraction of sp³-hybridized carbons (Fsp3) is 0.0667. The SMILES string of the molecule is Cc1nn(-c2ccc3ccccc3n2)c2ncncc12. The van der Waals surface area contributed by atoms with Gasteiger partial charge in [-0.05, 0) is 25.1 Å². The Balaban J connectivity index is 2.01. The standard InChI is InChI=1S/C15H11N5/c1-10-12-8-16-9-17-15(12)20(19-10)14-7-6-11-4-2-3-5-13(11)18-14/h2-9H,1H3. The van der Waals surface area contributed by atoms with Crippen LogP contribution < -0.4 is 0 Å². The van der Waals surface area contributed by atoms with Crippen molar-refractivity contribution >= 4 is 21.9 Å². The van der Waals surface area contributed by atoms with Gasteiger partial charge in [0.05, 0.1) is 16.6 Å². The second kappa shape index (κ2) is 4.09. The summed E-state index contributed by atoms with van der Waals surface area (Å²) in [4.78, 5) is 13.0. The first kappa shape index (κ1) is 11.0. The van der Waals surface area contributed by atoms with Crippen LogP contribution in [0.1, 0.15) is 5.69 Å². The van der Waals surface area contributed by atoms with Gasteiger partial charge in [-0.15, -0.1) is 0 Å². The van der Waals surface area contributed by atoms with E-state index in [4.69, 9.17) is 0 Å². The summed E-state index contributed by atoms with van der Waals surface area (Å²) >= 11 is 0. The average Bonchev–Trinajstić information content (AvgIpc) is 2.85. The van der Waals surface area contributed by atoms with E-state index in [1.54, 1.807) is 10.9 Å². The van der Waals surface area contributed by atoms with Crippen molar-refractivity contribution in [3.05, 3.63) is 54.6 Å². The Morgan fingerprint density at radius 1 is 1.05 bits per heavy atom. The molecule has 0 bridgehead atoms. The topological polar surface area (TPSA) is 56.5 Å². The van der Waals surface area contributed by atoms with E-state index >= 15 is 0 Å². The van der Waals surface area contributed by atoms with E-state index in [0.29, 0.717) is 0 Å². The predicted octanol–water partition coefficient (Wildman–Crippen LogP) is 2.67. The van der Waals surface area contributed by atoms with E-state index in [2.05, 4.69) is 20.1 Å². The van der Waals surface area contributed by atoms with Crippen molar-refractivity contribution in [3.8, 4) is 5.82 Å². The minimum absolute atomic E-state index is 0.764. The number of para-hydroxylation sites is 1. The first-order chi connectivity index (χ1) is 9.83. The summed E-state index contributed by atoms with van der Waals surface area (Å²) in [7, 11) is 0. The molecule has 3 heterocycles. The molecule has 5 heteroatoms. The van der Waals surface area contributed by atoms with E-state index in [-0.39, 0.29) is 0 Å². The third-order valence-corrected chi connectivity index (χ3v) is 3.33. The molecule has 4 rings (SSSR count). The Hall–Kier alpha value is -2.82. The van der Waals surface area contributed by atoms with Crippen molar-refractivity contribution in [3.63, 3.8) is 0 Å². The van der Waals surface area contributed by atoms with Crippen LogP contribution in [-0.4, -0.2) is 24.7 Å². The molecule has 0 aliphatic carbocycles. The number of fused-ring (bicyclic) bond motifs is 2. The van der Waals surface area contributed by atoms with Crippen molar-refractivity contribution in [2.24, 2.45) is 0 Å². The summed E-state index contributed by atoms with van der Waals surface area (Å²) in [5.74, 6) is 0.764. The van der Waals surface area contributed by atoms with Crippen LogP contribution in [0.4, 0.5) is 0 Å². The molecule has 0 N–H and O–H groups in total. The number of aromatic nitrogens is 5. The fourth-order valence-electron chi connectivity index (χ4n) is 2.33. The molecule has 0 amide bonds. The molecule has 0 saturated carbocycles. The van der Waals surface area contributed by atoms with Crippen molar-refractivity contribution in [2.75, 3.05) is 0 Å². The molecule has 0 radical (unpaired) electrons. The predicted molar refractivity (Wildman–Crippen MR) is 76.7 cm³/mol. The van der Waals surface area contributed by atoms with Crippen molar-refractivity contribution in [1.82, 2.24) is 24.7 Å². The molecule has 1 aromatic carbocycles. The molecular weight excluding hydrogens is 250 g/mol. The molecule has 0 saturated heterocycles. The Kier molecular flexibility index (Phi) is 2.26. The Morgan fingerprint density at radius 2 is 1.95 bits per heavy atom. The Labute approximate surface area is 114 Å². The lowest BCUT2D eigenvalue weighted by molar-refractivity contribution is 0.851. The minimum Gasteiger partial charge on any atom is -0.244 e. The van der Waals surface area contributed by atoms with Crippen LogP contribution in [-0.2, 0) is 0 Å². The van der Waals surface area contributed by atoms with Gasteiger partial charge >= 0.3 is 0 Å². The molecule has 96 valence electrons. The maximum absolute atomic E-state index is 4.65. The molecule has 3 aromatic heterocycles. The number of pyridine rings is 1. The van der Waals surface area contributed by atoms with Gasteiger partial charge in [-0.3, -0.25) is 0 Å². The first-order valence-electron chi connectivity index (χ1n) is 6.34. The Morgan fingerprint density at radius 3 is 2.90 bits per heavy atom. The highest BCUT2D eigenvalue weighted by molar-refractivity contribution is 5.81. The zero-order chi connectivity index (χ0) is 13.5. The summed E-state index contributed by atoms with van der Waals surface area (Å²) < 4.78 is 1.76. The minimum atomic E-state index is 0.764. The first-order valence-corrected chi connectivity index (χ1v) is 6.34. The Bertz CT molecular complexity index is 926. The van der Waals surface area contributed by atoms with E-state index in [1.807, 2.05) is 43.3 Å². The molecule has 0 unspecified atom stereocenters. The van der Waals surface area contributed by atoms with Crippen LogP contribution in [0.15, 0.2) is 48.9 Å². The molecule has 20 heavy (non-hydrogen) atoms. The smallest absolute Gasteiger partial charge is 0.168 e. The molecule has 0 aliphatic heterocycles. The zero-order valence-electron chi connectivity index (χ0n) is 10.9. The fourth-order valence-corrected chi connectivity index (χ4v) is 2.33. The van der Waals surface area contributed by atoms with Crippen LogP contribution in [0.5, 0.6) is 0 Å². The van der Waals surface area contributed by atoms with Crippen LogP contribution >= 0.6 is 0 Å². The maximum atomic E-state index is 4.65. The van der Waals surface area contributed by atoms with Crippen LogP contribution in [0, 0.1) is 6.92 Å². The van der Waals surface area contributed by atoms with Gasteiger partial charge in [0.1, 0.15) is 6.33 Å². The quantitative estimate of drug-likeness (QED) is 0.528. The van der Waals surface area contributed by atoms with E-state index in [9.17, 15) is 0 Å². The lowest BCUT2D eigenvalue weighted by atomic mass is 10.2. The summed E-state index contributed by atoms with van der Waals surface area (Å²) in [5, 5.41) is 6.58. The number of rotatable bonds is 1. The van der Waals surface area contributed by atoms with Gasteiger partial charge < -0.3 is 0 Å². The lowest BCUT2D eigenvalue weighted by Crippen LogP contribution is -2.00. The van der Waals surface area contributed by atoms with Gasteiger partial charge in [0.2, 0.25) is 0 Å². The molecule has 5 nitrogen and oxygen atoms in total. The normalized spacial score (nSPS) is 11.2. The third kappa shape index (κ3) is 1.56. The van der Waals surface area contributed by atoms with E-state index in [0.717, 1.165) is 33.4 Å². The van der Waals surface area contributed by atoms with Crippen molar-refractivity contribution in [1.29, 1.82) is 0 Å². The second-order valence-corrected chi connectivity index (χ2v) is 4.62. The molecular formula is C15H11N5. The van der Waals surface area contributed by atoms with Gasteiger partial charge in [-0.25, -0.2) is 15.0 Å². The average molecular weight is 261 g/mol. The molecule has 4 aromatic rings. The highest BCUT2D eigenvalue weighted by Gasteiger charge is 2.11. The van der Waals surface area contributed by atoms with Crippen LogP contribution in [0.2, 0.25) is 0 Å². The van der Waals surface area contributed by atoms with Gasteiger partial charge in [-0.1, -0.05) is 18.2 Å². The van der Waals surface area contributed by atoms with Crippen LogP contribution in [0.3, 0.4) is 0 Å². The van der Waals surface area contributed by atoms with Crippen molar-refractivity contribution in [2.45, 2.75) is 6.92 Å². The van der Waals surface area contributed by atoms with Gasteiger partial charge in [0.25, 0.3) is 0 Å². The van der Waals surface area contributed by atoms with Gasteiger partial charge in [0, 0.05) is 11.6 Å². The lowest BCUT2D eigenvalue weighted by Gasteiger charge is -2.03. The summed E-state index contributed by atoms with van der Waals surface area (Å²) in [6.07, 6.45) is 3.31. The van der Waals surface area contributed by atoms with E-state index < -0.39 is 0 Å². The highest BCUT2D eigenvalue weighted by Crippen LogP contribution is 2.19. The van der Waals surface area contributed by atoms with Gasteiger partial charge in [-0.2, -0.15) is 9.78 Å². The van der Waals surface area contributed by atoms with Gasteiger partial charge in [0.15, 0.2) is 11.5 Å². The molecule has 0 spiro atoms. The molecule has 0 fully saturated rings. The monoisotopic (exact) mass is 261 g/mol. The summed E-state index contributed by atoms with van der Waals surface area (Å²) in [6, 6.07) is 12.0. The van der Waals surface area contributed by atoms with Crippen molar-refractivity contribution < 1.29 is 0 Å². The maximum Gasteiger partial charge on any atom is 0.168 e. The summed E-state index contributed by atoms with van der Waals surface area (Å²) in [5.41, 5.74) is 2.62. The molecule has 0 aliphatic rings. The number of benzene rings is 1. The largest absolute Gasteiger partial charge is 0.244 e. The summed E-state index contributed by atoms with van der Waals surface area (Å²) in [6.45, 7) is 1.95. The van der Waals surface area contributed by atoms with Crippen LogP contribution in [0.25, 0.3) is 27.8 Å². The zero-order valence-corrected chi connectivity index (χ0v) is 10.9. The number of hydrogen-bond acceptors (Lipinski definition) is 4. The number of aryl methyl sites for hydroxylation is 1. The third-order valence-electron chi connectivity index (χ3n) is 3.33. The highest BCUT2D eigenvalue weighted by atomic mass is 15.3.